The fourth-order valence-electron chi connectivity index (χ4n) is 3.60. The lowest BCUT2D eigenvalue weighted by Gasteiger charge is -2.22. The number of hydrogen-bond acceptors (Lipinski definition) is 5. The minimum Gasteiger partial charge on any atom is -0.392 e. The Morgan fingerprint density at radius 2 is 2.29 bits per heavy atom. The summed E-state index contributed by atoms with van der Waals surface area (Å²) >= 11 is 1.69. The maximum absolute atomic E-state index is 12.6. The first-order chi connectivity index (χ1) is 11.5. The van der Waals surface area contributed by atoms with E-state index in [-0.39, 0.29) is 11.7 Å². The molecule has 132 valence electrons. The zero-order valence-electron chi connectivity index (χ0n) is 14.8. The highest BCUT2D eigenvalue weighted by molar-refractivity contribution is 7.18. The van der Waals surface area contributed by atoms with Gasteiger partial charge in [0.2, 0.25) is 0 Å². The van der Waals surface area contributed by atoms with Gasteiger partial charge in [-0.1, -0.05) is 13.8 Å². The molecule has 24 heavy (non-hydrogen) atoms. The molecular formula is C18H27N3O2S. The van der Waals surface area contributed by atoms with Gasteiger partial charge in [-0.05, 0) is 50.6 Å². The van der Waals surface area contributed by atoms with Crippen LogP contribution in [0.25, 0.3) is 10.2 Å². The van der Waals surface area contributed by atoms with Crippen molar-refractivity contribution in [3.05, 3.63) is 26.6 Å². The molecular weight excluding hydrogens is 322 g/mol. The Labute approximate surface area is 146 Å². The molecule has 2 aromatic rings. The second-order valence-corrected chi connectivity index (χ2v) is 8.21. The highest BCUT2D eigenvalue weighted by atomic mass is 32.1. The van der Waals surface area contributed by atoms with E-state index >= 15 is 0 Å². The van der Waals surface area contributed by atoms with Gasteiger partial charge < -0.3 is 10.1 Å². The van der Waals surface area contributed by atoms with Gasteiger partial charge >= 0.3 is 0 Å². The van der Waals surface area contributed by atoms with E-state index < -0.39 is 0 Å². The maximum atomic E-state index is 12.6. The lowest BCUT2D eigenvalue weighted by atomic mass is 9.89. The first-order valence-electron chi connectivity index (χ1n) is 8.91. The molecule has 0 radical (unpaired) electrons. The van der Waals surface area contributed by atoms with E-state index in [4.69, 9.17) is 4.98 Å². The van der Waals surface area contributed by atoms with Gasteiger partial charge in [0, 0.05) is 11.4 Å². The highest BCUT2D eigenvalue weighted by Gasteiger charge is 2.23. The molecule has 6 heteroatoms. The van der Waals surface area contributed by atoms with Crippen molar-refractivity contribution in [3.63, 3.8) is 0 Å². The van der Waals surface area contributed by atoms with Crippen LogP contribution >= 0.6 is 11.3 Å². The number of H-pyrrole nitrogens is 1. The summed E-state index contributed by atoms with van der Waals surface area (Å²) in [5.74, 6) is 1.39. The van der Waals surface area contributed by atoms with Crippen LogP contribution in [-0.2, 0) is 19.4 Å². The molecule has 1 aliphatic rings. The summed E-state index contributed by atoms with van der Waals surface area (Å²) in [4.78, 5) is 24.7. The predicted molar refractivity (Wildman–Crippen MR) is 98.7 cm³/mol. The largest absolute Gasteiger partial charge is 0.392 e. The van der Waals surface area contributed by atoms with Gasteiger partial charge in [-0.3, -0.25) is 9.69 Å². The average Bonchev–Trinajstić information content (AvgIpc) is 2.84. The SMILES string of the molecule is CCCN(Cc1nc2sc3c(c2c(=O)[nH]1)CC[C@H](C)C3)C[C@H](C)O. The maximum Gasteiger partial charge on any atom is 0.259 e. The molecule has 2 N–H and O–H groups in total. The quantitative estimate of drug-likeness (QED) is 0.841. The van der Waals surface area contributed by atoms with E-state index in [1.165, 1.54) is 10.4 Å². The fraction of sp³-hybridized carbons (Fsp3) is 0.667. The molecule has 1 aliphatic carbocycles. The molecule has 2 aromatic heterocycles. The van der Waals surface area contributed by atoms with Gasteiger partial charge in [0.15, 0.2) is 0 Å². The molecule has 0 amide bonds. The molecule has 0 aromatic carbocycles. The third-order valence-corrected chi connectivity index (χ3v) is 5.80. The number of aromatic nitrogens is 2. The smallest absolute Gasteiger partial charge is 0.259 e. The fourth-order valence-corrected chi connectivity index (χ4v) is 5.01. The number of nitrogens with one attached hydrogen (secondary N) is 1. The van der Waals surface area contributed by atoms with E-state index in [0.717, 1.165) is 42.4 Å². The van der Waals surface area contributed by atoms with Crippen molar-refractivity contribution in [3.8, 4) is 0 Å². The number of aryl methyl sites for hydroxylation is 1. The number of aliphatic hydroxyl groups is 1. The van der Waals surface area contributed by atoms with E-state index in [1.54, 1.807) is 18.3 Å². The van der Waals surface area contributed by atoms with Gasteiger partial charge in [-0.2, -0.15) is 0 Å². The number of thiophene rings is 1. The Morgan fingerprint density at radius 1 is 1.50 bits per heavy atom. The normalized spacial score (nSPS) is 19.0. The van der Waals surface area contributed by atoms with Gasteiger partial charge in [0.25, 0.3) is 5.56 Å². The third-order valence-electron chi connectivity index (χ3n) is 4.65. The number of fused-ring (bicyclic) bond motifs is 3. The zero-order chi connectivity index (χ0) is 17.3. The highest BCUT2D eigenvalue weighted by Crippen LogP contribution is 2.35. The number of aromatic amines is 1. The van der Waals surface area contributed by atoms with E-state index in [1.807, 2.05) is 0 Å². The van der Waals surface area contributed by atoms with Crippen LogP contribution in [0.15, 0.2) is 4.79 Å². The van der Waals surface area contributed by atoms with Crippen molar-refractivity contribution in [1.82, 2.24) is 14.9 Å². The monoisotopic (exact) mass is 349 g/mol. The Hall–Kier alpha value is -1.24. The molecule has 2 heterocycles. The molecule has 0 aliphatic heterocycles. The van der Waals surface area contributed by atoms with Crippen molar-refractivity contribution in [1.29, 1.82) is 0 Å². The van der Waals surface area contributed by atoms with Gasteiger partial charge in [-0.25, -0.2) is 4.98 Å². The predicted octanol–water partition coefficient (Wildman–Crippen LogP) is 2.70. The molecule has 0 bridgehead atoms. The molecule has 5 nitrogen and oxygen atoms in total. The topological polar surface area (TPSA) is 69.2 Å². The van der Waals surface area contributed by atoms with Crippen LogP contribution in [-0.4, -0.2) is 39.2 Å². The Morgan fingerprint density at radius 3 is 3.00 bits per heavy atom. The molecule has 3 rings (SSSR count). The molecule has 0 spiro atoms. The minimum atomic E-state index is -0.387. The van der Waals surface area contributed by atoms with Crippen LogP contribution in [0.2, 0.25) is 0 Å². The average molecular weight is 350 g/mol. The molecule has 0 saturated carbocycles. The molecule has 0 fully saturated rings. The lowest BCUT2D eigenvalue weighted by molar-refractivity contribution is 0.121. The second kappa shape index (κ2) is 7.33. The third kappa shape index (κ3) is 3.71. The second-order valence-electron chi connectivity index (χ2n) is 7.13. The number of rotatable bonds is 6. The van der Waals surface area contributed by atoms with Gasteiger partial charge in [-0.15, -0.1) is 11.3 Å². The number of hydrogen-bond donors (Lipinski definition) is 2. The van der Waals surface area contributed by atoms with Crippen LogP contribution in [0, 0.1) is 5.92 Å². The van der Waals surface area contributed by atoms with Gasteiger partial charge in [0.05, 0.1) is 18.0 Å². The zero-order valence-corrected chi connectivity index (χ0v) is 15.6. The van der Waals surface area contributed by atoms with Crippen molar-refractivity contribution >= 4 is 21.6 Å². The van der Waals surface area contributed by atoms with Crippen molar-refractivity contribution < 1.29 is 5.11 Å². The summed E-state index contributed by atoms with van der Waals surface area (Å²) in [6, 6.07) is 0. The summed E-state index contributed by atoms with van der Waals surface area (Å²) in [7, 11) is 0. The Balaban J connectivity index is 1.91. The Kier molecular flexibility index (Phi) is 5.37. The minimum absolute atomic E-state index is 0.00412. The molecule has 2 atom stereocenters. The number of aliphatic hydroxyl groups excluding tert-OH is 1. The van der Waals surface area contributed by atoms with Crippen molar-refractivity contribution in [2.75, 3.05) is 13.1 Å². The number of nitrogens with zero attached hydrogens (tertiary/aromatic N) is 2. The lowest BCUT2D eigenvalue weighted by Crippen LogP contribution is -2.32. The Bertz CT molecular complexity index is 765. The first-order valence-corrected chi connectivity index (χ1v) is 9.73. The van der Waals surface area contributed by atoms with Crippen LogP contribution in [0.3, 0.4) is 0 Å². The van der Waals surface area contributed by atoms with Crippen molar-refractivity contribution in [2.45, 2.75) is 59.1 Å². The summed E-state index contributed by atoms with van der Waals surface area (Å²) in [6.07, 6.45) is 3.82. The summed E-state index contributed by atoms with van der Waals surface area (Å²) in [6.45, 7) is 8.22. The van der Waals surface area contributed by atoms with Crippen LogP contribution in [0.1, 0.15) is 49.9 Å². The molecule has 0 saturated heterocycles. The van der Waals surface area contributed by atoms with E-state index in [0.29, 0.717) is 24.8 Å². The van der Waals surface area contributed by atoms with Crippen LogP contribution in [0.4, 0.5) is 0 Å². The summed E-state index contributed by atoms with van der Waals surface area (Å²) < 4.78 is 0. The van der Waals surface area contributed by atoms with Crippen molar-refractivity contribution in [2.24, 2.45) is 5.92 Å². The standard InChI is InChI=1S/C18H27N3O2S/c1-4-7-21(9-12(3)22)10-15-19-17(23)16-13-6-5-11(2)8-14(13)24-18(16)20-15/h11-12,22H,4-10H2,1-3H3,(H,19,20,23)/t11-,12-/m0/s1. The van der Waals surface area contributed by atoms with Gasteiger partial charge in [0.1, 0.15) is 10.7 Å². The van der Waals surface area contributed by atoms with Crippen LogP contribution < -0.4 is 5.56 Å². The summed E-state index contributed by atoms with van der Waals surface area (Å²) in [5, 5.41) is 10.5. The molecule has 0 unspecified atom stereocenters. The summed E-state index contributed by atoms with van der Waals surface area (Å²) in [5.41, 5.74) is 1.22. The van der Waals surface area contributed by atoms with E-state index in [9.17, 15) is 9.90 Å². The first kappa shape index (κ1) is 17.6. The van der Waals surface area contributed by atoms with E-state index in [2.05, 4.69) is 23.7 Å². The van der Waals surface area contributed by atoms with Crippen LogP contribution in [0.5, 0.6) is 0 Å².